The summed E-state index contributed by atoms with van der Waals surface area (Å²) in [6.07, 6.45) is 0. The maximum Gasteiger partial charge on any atom is 0.417 e. The minimum atomic E-state index is -0.954. The molecule has 0 aliphatic carbocycles. The number of aliphatic hydroxyl groups is 1. The van der Waals surface area contributed by atoms with Gasteiger partial charge in [-0.1, -0.05) is 0 Å². The van der Waals surface area contributed by atoms with Gasteiger partial charge in [-0.15, -0.1) is 0 Å². The largest absolute Gasteiger partial charge is 0.533 e. The number of rotatable bonds is 0. The van der Waals surface area contributed by atoms with Crippen LogP contribution in [-0.2, 0) is 9.45 Å². The fraction of sp³-hybridized carbons (Fsp3) is 0.500. The topological polar surface area (TPSA) is 46.5 Å². The van der Waals surface area contributed by atoms with Gasteiger partial charge in [-0.05, 0) is 0 Å². The van der Waals surface area contributed by atoms with Crippen LogP contribution in [0.25, 0.3) is 0 Å². The van der Waals surface area contributed by atoms with Crippen molar-refractivity contribution in [3.05, 3.63) is 0 Å². The van der Waals surface area contributed by atoms with E-state index in [-0.39, 0.29) is 0 Å². The first-order valence-electron chi connectivity index (χ1n) is 1.52. The van der Waals surface area contributed by atoms with Crippen LogP contribution in [0.15, 0.2) is 0 Å². The van der Waals surface area contributed by atoms with Crippen LogP contribution >= 0.6 is 0 Å². The predicted molar refractivity (Wildman–Crippen MR) is 17.9 cm³/mol. The Morgan fingerprint density at radius 3 is 2.50 bits per heavy atom. The van der Waals surface area contributed by atoms with E-state index in [2.05, 4.69) is 4.65 Å². The number of hydrogen-bond donors (Lipinski definition) is 1. The number of carbonyl (C=O) groups excluding carboxylic acids is 1. The summed E-state index contributed by atoms with van der Waals surface area (Å²) in [5.41, 5.74) is 0. The Balaban J connectivity index is 2.39. The minimum Gasteiger partial charge on any atom is -0.533 e. The zero-order chi connectivity index (χ0) is 4.57. The van der Waals surface area contributed by atoms with Gasteiger partial charge in [-0.2, -0.15) is 0 Å². The minimum absolute atomic E-state index is 0.560. The van der Waals surface area contributed by atoms with E-state index in [0.29, 0.717) is 0 Å². The van der Waals surface area contributed by atoms with Gasteiger partial charge in [0.05, 0.1) is 0 Å². The third-order valence-electron chi connectivity index (χ3n) is 0.555. The lowest BCUT2D eigenvalue weighted by molar-refractivity contribution is -0.147. The highest BCUT2D eigenvalue weighted by atomic mass is 16.5. The molecule has 0 aromatic carbocycles. The molecule has 1 atom stereocenters. The maximum absolute atomic E-state index is 9.73. The van der Waals surface area contributed by atoms with Gasteiger partial charge < -0.3 is 9.76 Å². The van der Waals surface area contributed by atoms with Crippen LogP contribution in [0.2, 0.25) is 0 Å². The quantitative estimate of drug-likeness (QED) is 0.363. The molecule has 6 heavy (non-hydrogen) atoms. The highest BCUT2D eigenvalue weighted by Gasteiger charge is 2.30. The first-order valence-corrected chi connectivity index (χ1v) is 1.52. The van der Waals surface area contributed by atoms with Crippen molar-refractivity contribution >= 4 is 13.5 Å². The summed E-state index contributed by atoms with van der Waals surface area (Å²) in [6.45, 7) is 0. The molecule has 0 aromatic heterocycles. The molecule has 1 aliphatic heterocycles. The predicted octanol–water partition coefficient (Wildman–Crippen LogP) is -1.52. The Morgan fingerprint density at radius 1 is 2.00 bits per heavy atom. The number of hydrogen-bond acceptors (Lipinski definition) is 3. The van der Waals surface area contributed by atoms with Crippen molar-refractivity contribution in [3.63, 3.8) is 0 Å². The second-order valence-electron chi connectivity index (χ2n) is 1.02. The van der Waals surface area contributed by atoms with E-state index in [1.54, 1.807) is 0 Å². The van der Waals surface area contributed by atoms with E-state index in [1.807, 2.05) is 0 Å². The van der Waals surface area contributed by atoms with Crippen molar-refractivity contribution < 1.29 is 14.6 Å². The Morgan fingerprint density at radius 2 is 2.50 bits per heavy atom. The second kappa shape index (κ2) is 0.977. The highest BCUT2D eigenvalue weighted by Crippen LogP contribution is 1.96. The molecular formula is C2H2BO3. The van der Waals surface area contributed by atoms with Crippen LogP contribution in [0.3, 0.4) is 0 Å². The second-order valence-corrected chi connectivity index (χ2v) is 1.02. The summed E-state index contributed by atoms with van der Waals surface area (Å²) < 4.78 is 4.03. The van der Waals surface area contributed by atoms with Crippen LogP contribution in [0, 0.1) is 0 Å². The summed E-state index contributed by atoms with van der Waals surface area (Å²) in [6, 6.07) is -0.954. The van der Waals surface area contributed by atoms with Crippen LogP contribution < -0.4 is 0 Å². The monoisotopic (exact) mass is 85.0 g/mol. The van der Waals surface area contributed by atoms with E-state index >= 15 is 0 Å². The molecule has 4 heteroatoms. The molecule has 0 saturated carbocycles. The van der Waals surface area contributed by atoms with E-state index < -0.39 is 12.0 Å². The molecule has 1 saturated heterocycles. The fourth-order valence-corrected chi connectivity index (χ4v) is 0.184. The summed E-state index contributed by atoms with van der Waals surface area (Å²) >= 11 is 0. The molecule has 31 valence electrons. The Kier molecular flexibility index (Phi) is 0.599. The molecule has 3 nitrogen and oxygen atoms in total. The van der Waals surface area contributed by atoms with Gasteiger partial charge >= 0.3 is 13.5 Å². The van der Waals surface area contributed by atoms with Gasteiger partial charge in [0.15, 0.2) is 6.00 Å². The zero-order valence-corrected chi connectivity index (χ0v) is 2.92. The van der Waals surface area contributed by atoms with Crippen LogP contribution in [-0.4, -0.2) is 24.6 Å². The van der Waals surface area contributed by atoms with Gasteiger partial charge in [-0.25, -0.2) is 0 Å². The lowest BCUT2D eigenvalue weighted by Crippen LogP contribution is -2.43. The van der Waals surface area contributed by atoms with Crippen molar-refractivity contribution in [2.75, 3.05) is 0 Å². The molecule has 1 unspecified atom stereocenters. The van der Waals surface area contributed by atoms with Gasteiger partial charge in [0, 0.05) is 0 Å². The third-order valence-corrected chi connectivity index (χ3v) is 0.555. The molecular weight excluding hydrogens is 82.8 g/mol. The van der Waals surface area contributed by atoms with Crippen molar-refractivity contribution in [2.45, 2.75) is 6.00 Å². The summed E-state index contributed by atoms with van der Waals surface area (Å²) in [5, 5.41) is 8.19. The molecule has 0 amide bonds. The molecule has 1 rings (SSSR count). The summed E-state index contributed by atoms with van der Waals surface area (Å²) in [5.74, 6) is -0.560. The standard InChI is InChI=1S/C2H2BO3/c4-1-2(5)6-3-1/h1,4H. The van der Waals surface area contributed by atoms with Crippen LogP contribution in [0.4, 0.5) is 0 Å². The Bertz CT molecular complexity index is 80.9. The lowest BCUT2D eigenvalue weighted by atomic mass is 9.84. The normalized spacial score (nSPS) is 30.2. The molecule has 0 bridgehead atoms. The molecule has 1 radical (unpaired) electrons. The molecule has 0 aromatic rings. The zero-order valence-electron chi connectivity index (χ0n) is 2.92. The summed E-state index contributed by atoms with van der Waals surface area (Å²) in [7, 11) is 1.07. The maximum atomic E-state index is 9.73. The van der Waals surface area contributed by atoms with Gasteiger partial charge in [-0.3, -0.25) is 4.79 Å². The van der Waals surface area contributed by atoms with Crippen molar-refractivity contribution in [1.82, 2.24) is 0 Å². The molecule has 1 N–H and O–H groups in total. The van der Waals surface area contributed by atoms with Crippen LogP contribution in [0.5, 0.6) is 0 Å². The van der Waals surface area contributed by atoms with Crippen molar-refractivity contribution in [3.8, 4) is 0 Å². The van der Waals surface area contributed by atoms with E-state index in [1.165, 1.54) is 0 Å². The van der Waals surface area contributed by atoms with E-state index in [0.717, 1.165) is 7.48 Å². The fourth-order valence-electron chi connectivity index (χ4n) is 0.184. The first kappa shape index (κ1) is 3.68. The lowest BCUT2D eigenvalue weighted by Gasteiger charge is -2.15. The van der Waals surface area contributed by atoms with Crippen LogP contribution in [0.1, 0.15) is 0 Å². The van der Waals surface area contributed by atoms with E-state index in [9.17, 15) is 4.79 Å². The third kappa shape index (κ3) is 0.301. The average Bonchev–Trinajstić information content (AvgIpc) is 1.61. The van der Waals surface area contributed by atoms with E-state index in [4.69, 9.17) is 5.11 Å². The molecule has 0 spiro atoms. The Labute approximate surface area is 35.2 Å². The summed E-state index contributed by atoms with van der Waals surface area (Å²) in [4.78, 5) is 9.73. The highest BCUT2D eigenvalue weighted by molar-refractivity contribution is 6.46. The van der Waals surface area contributed by atoms with Gasteiger partial charge in [0.25, 0.3) is 0 Å². The molecule has 1 fully saturated rings. The van der Waals surface area contributed by atoms with Gasteiger partial charge in [0.1, 0.15) is 0 Å². The van der Waals surface area contributed by atoms with Crippen molar-refractivity contribution in [1.29, 1.82) is 0 Å². The SMILES string of the molecule is O=C1O[B]C1O. The average molecular weight is 84.8 g/mol. The van der Waals surface area contributed by atoms with Crippen molar-refractivity contribution in [2.24, 2.45) is 0 Å². The smallest absolute Gasteiger partial charge is 0.417 e. The first-order chi connectivity index (χ1) is 2.80. The van der Waals surface area contributed by atoms with Gasteiger partial charge in [0.2, 0.25) is 0 Å². The molecule has 1 aliphatic rings. The number of aliphatic hydroxyl groups excluding tert-OH is 1. The number of carbonyl (C=O) groups is 1. The molecule has 1 heterocycles. The Hall–Kier alpha value is -0.505.